The van der Waals surface area contributed by atoms with Gasteiger partial charge in [-0.25, -0.2) is 17.1 Å². The number of carbonyl (C=O) groups is 1. The average molecular weight is 474 g/mol. The van der Waals surface area contributed by atoms with Crippen LogP contribution in [-0.4, -0.2) is 68.0 Å². The van der Waals surface area contributed by atoms with Crippen molar-refractivity contribution in [2.24, 2.45) is 5.73 Å². The predicted octanol–water partition coefficient (Wildman–Crippen LogP) is 1.97. The van der Waals surface area contributed by atoms with E-state index in [1.165, 1.54) is 41.9 Å². The van der Waals surface area contributed by atoms with E-state index < -0.39 is 15.9 Å². The number of hydrogen-bond acceptors (Lipinski definition) is 5. The van der Waals surface area contributed by atoms with Crippen LogP contribution in [0.1, 0.15) is 27.3 Å². The molecule has 1 amide bonds. The highest BCUT2D eigenvalue weighted by Crippen LogP contribution is 2.22. The fourth-order valence-corrected chi connectivity index (χ4v) is 3.76. The number of benzene rings is 1. The lowest BCUT2D eigenvalue weighted by molar-refractivity contribution is 0.0820. The van der Waals surface area contributed by atoms with E-state index in [0.717, 1.165) is 9.87 Å². The van der Waals surface area contributed by atoms with Gasteiger partial charge in [0.2, 0.25) is 10.0 Å². The molecule has 0 aliphatic carbocycles. The van der Waals surface area contributed by atoms with Crippen molar-refractivity contribution in [1.82, 2.24) is 19.0 Å². The third-order valence-corrected chi connectivity index (χ3v) is 6.49. The van der Waals surface area contributed by atoms with Crippen molar-refractivity contribution in [2.45, 2.75) is 24.8 Å². The molecule has 31 heavy (non-hydrogen) atoms. The number of nitrogens with two attached hydrogens (primary N) is 1. The maximum atomic E-state index is 14.0. The third-order valence-electron chi connectivity index (χ3n) is 4.66. The van der Waals surface area contributed by atoms with Gasteiger partial charge in [0.15, 0.2) is 5.69 Å². The van der Waals surface area contributed by atoms with Crippen LogP contribution in [0.4, 0.5) is 4.39 Å². The second-order valence-corrected chi connectivity index (χ2v) is 9.42. The molecule has 0 aliphatic rings. The van der Waals surface area contributed by atoms with Crippen molar-refractivity contribution >= 4 is 28.3 Å². The molecule has 2 N–H and O–H groups in total. The Balaban J connectivity index is 0.00000480. The molecule has 1 aromatic heterocycles. The summed E-state index contributed by atoms with van der Waals surface area (Å²) < 4.78 is 41.1. The topological polar surface area (TPSA) is 102 Å². The van der Waals surface area contributed by atoms with Gasteiger partial charge in [-0.1, -0.05) is 12.1 Å². The Kier molecular flexibility index (Phi) is 9.37. The van der Waals surface area contributed by atoms with Crippen LogP contribution in [0.3, 0.4) is 0 Å². The number of hydrogen-bond donors (Lipinski definition) is 1. The number of nitrogens with zero attached hydrogens (tertiary/aromatic N) is 4. The molecular formula is C20H29ClFN5O3S. The normalized spacial score (nSPS) is 12.1. The third kappa shape index (κ3) is 6.13. The van der Waals surface area contributed by atoms with Crippen LogP contribution in [-0.2, 0) is 23.0 Å². The zero-order valence-electron chi connectivity index (χ0n) is 18.3. The van der Waals surface area contributed by atoms with Gasteiger partial charge in [-0.05, 0) is 30.7 Å². The first-order valence-electron chi connectivity index (χ1n) is 9.33. The predicted molar refractivity (Wildman–Crippen MR) is 121 cm³/mol. The van der Waals surface area contributed by atoms with Crippen LogP contribution in [0.25, 0.3) is 0 Å². The zero-order chi connectivity index (χ0) is 22.6. The Morgan fingerprint density at radius 3 is 2.26 bits per heavy atom. The minimum Gasteiger partial charge on any atom is -0.343 e. The number of rotatable bonds is 8. The van der Waals surface area contributed by atoms with Crippen molar-refractivity contribution in [3.05, 3.63) is 58.7 Å². The molecule has 0 saturated carbocycles. The molecule has 0 fully saturated rings. The van der Waals surface area contributed by atoms with Crippen molar-refractivity contribution in [2.75, 3.05) is 34.7 Å². The van der Waals surface area contributed by atoms with Gasteiger partial charge in [0.05, 0.1) is 11.4 Å². The van der Waals surface area contributed by atoms with E-state index in [1.807, 2.05) is 0 Å². The fraction of sp³-hybridized carbons (Fsp3) is 0.400. The second-order valence-electron chi connectivity index (χ2n) is 7.26. The highest BCUT2D eigenvalue weighted by molar-refractivity contribution is 7.89. The summed E-state index contributed by atoms with van der Waals surface area (Å²) in [5, 5.41) is 4.33. The van der Waals surface area contributed by atoms with Crippen molar-refractivity contribution < 1.29 is 17.6 Å². The molecule has 2 aromatic rings. The van der Waals surface area contributed by atoms with E-state index in [1.54, 1.807) is 33.2 Å². The summed E-state index contributed by atoms with van der Waals surface area (Å²) in [6.45, 7) is 1.73. The SMILES string of the molecule is Cc1c(Cc2ccc(S(=O)(=O)N(C)C)cc2)c(C(=O)N(C)C)nn1C/C(F)=C/CN.Cl. The van der Waals surface area contributed by atoms with Gasteiger partial charge >= 0.3 is 0 Å². The quantitative estimate of drug-likeness (QED) is 0.631. The largest absolute Gasteiger partial charge is 0.343 e. The summed E-state index contributed by atoms with van der Waals surface area (Å²) in [6, 6.07) is 6.46. The molecular weight excluding hydrogens is 445 g/mol. The summed E-state index contributed by atoms with van der Waals surface area (Å²) in [7, 11) is 2.66. The Labute approximate surface area is 189 Å². The first-order valence-corrected chi connectivity index (χ1v) is 10.8. The van der Waals surface area contributed by atoms with Crippen molar-refractivity contribution in [3.63, 3.8) is 0 Å². The average Bonchev–Trinajstić information content (AvgIpc) is 2.97. The molecule has 0 saturated heterocycles. The van der Waals surface area contributed by atoms with Gasteiger partial charge in [-0.3, -0.25) is 9.48 Å². The van der Waals surface area contributed by atoms with Gasteiger partial charge < -0.3 is 10.6 Å². The molecule has 8 nitrogen and oxygen atoms in total. The van der Waals surface area contributed by atoms with Crippen LogP contribution in [0, 0.1) is 6.92 Å². The first-order chi connectivity index (χ1) is 14.0. The number of allylic oxidation sites excluding steroid dienone is 1. The lowest BCUT2D eigenvalue weighted by atomic mass is 10.0. The number of amides is 1. The smallest absolute Gasteiger partial charge is 0.274 e. The van der Waals surface area contributed by atoms with Gasteiger partial charge in [0, 0.05) is 52.4 Å². The van der Waals surface area contributed by atoms with E-state index in [4.69, 9.17) is 5.73 Å². The Morgan fingerprint density at radius 1 is 1.19 bits per heavy atom. The molecule has 1 aromatic carbocycles. The highest BCUT2D eigenvalue weighted by atomic mass is 35.5. The molecule has 0 aliphatic heterocycles. The number of carbonyl (C=O) groups excluding carboxylic acids is 1. The Hall–Kier alpha value is -2.27. The minimum absolute atomic E-state index is 0. The Bertz CT molecular complexity index is 1050. The van der Waals surface area contributed by atoms with E-state index >= 15 is 0 Å². The number of aromatic nitrogens is 2. The number of halogens is 2. The van der Waals surface area contributed by atoms with Crippen molar-refractivity contribution in [1.29, 1.82) is 0 Å². The van der Waals surface area contributed by atoms with E-state index in [-0.39, 0.29) is 42.0 Å². The fourth-order valence-electron chi connectivity index (χ4n) is 2.86. The zero-order valence-corrected chi connectivity index (χ0v) is 19.9. The van der Waals surface area contributed by atoms with Crippen molar-refractivity contribution in [3.8, 4) is 0 Å². The Morgan fingerprint density at radius 2 is 1.77 bits per heavy atom. The van der Waals surface area contributed by atoms with E-state index in [9.17, 15) is 17.6 Å². The summed E-state index contributed by atoms with van der Waals surface area (Å²) in [5.74, 6) is -0.724. The lowest BCUT2D eigenvalue weighted by Gasteiger charge is -2.12. The van der Waals surface area contributed by atoms with Gasteiger partial charge in [-0.15, -0.1) is 12.4 Å². The monoisotopic (exact) mass is 473 g/mol. The molecule has 0 bridgehead atoms. The van der Waals surface area contributed by atoms with Gasteiger partial charge in [-0.2, -0.15) is 5.10 Å². The standard InChI is InChI=1S/C20H28FN5O3S.ClH/c1-14-18(12-15-6-8-17(9-7-15)30(28,29)25(4)5)19(20(27)24(2)3)23-26(14)13-16(21)10-11-22;/h6-10H,11-13,22H2,1-5H3;1H/b16-10-;. The summed E-state index contributed by atoms with van der Waals surface area (Å²) in [6.07, 6.45) is 1.61. The molecule has 0 spiro atoms. The van der Waals surface area contributed by atoms with Crippen LogP contribution < -0.4 is 5.73 Å². The maximum Gasteiger partial charge on any atom is 0.274 e. The summed E-state index contributed by atoms with van der Waals surface area (Å²) in [4.78, 5) is 14.2. The van der Waals surface area contributed by atoms with Gasteiger partial charge in [0.1, 0.15) is 5.83 Å². The second kappa shape index (κ2) is 10.9. The molecule has 172 valence electrons. The minimum atomic E-state index is -3.52. The maximum absolute atomic E-state index is 14.0. The molecule has 2 rings (SSSR count). The van der Waals surface area contributed by atoms with E-state index in [2.05, 4.69) is 5.10 Å². The number of sulfonamides is 1. The van der Waals surface area contributed by atoms with Crippen LogP contribution in [0.15, 0.2) is 41.1 Å². The molecule has 1 heterocycles. The summed E-state index contributed by atoms with van der Waals surface area (Å²) in [5.41, 5.74) is 7.72. The highest BCUT2D eigenvalue weighted by Gasteiger charge is 2.23. The molecule has 0 atom stereocenters. The molecule has 0 radical (unpaired) electrons. The van der Waals surface area contributed by atoms with Gasteiger partial charge in [0.25, 0.3) is 5.91 Å². The first kappa shape index (κ1) is 26.8. The van der Waals surface area contributed by atoms with Crippen LogP contribution >= 0.6 is 12.4 Å². The van der Waals surface area contributed by atoms with Crippen LogP contribution in [0.5, 0.6) is 0 Å². The lowest BCUT2D eigenvalue weighted by Crippen LogP contribution is -2.23. The molecule has 0 unspecified atom stereocenters. The molecule has 11 heteroatoms. The summed E-state index contributed by atoms with van der Waals surface area (Å²) >= 11 is 0. The van der Waals surface area contributed by atoms with E-state index in [0.29, 0.717) is 17.7 Å². The van der Waals surface area contributed by atoms with Crippen LogP contribution in [0.2, 0.25) is 0 Å².